The van der Waals surface area contributed by atoms with Crippen LogP contribution in [-0.2, 0) is 0 Å². The highest BCUT2D eigenvalue weighted by molar-refractivity contribution is 5.39. The molecule has 0 saturated heterocycles. The Bertz CT molecular complexity index is 833. The van der Waals surface area contributed by atoms with Gasteiger partial charge in [0.25, 0.3) is 0 Å². The monoisotopic (exact) mass is 424 g/mol. The van der Waals surface area contributed by atoms with Crippen molar-refractivity contribution in [2.75, 3.05) is 0 Å². The number of aliphatic hydroxyl groups is 1. The largest absolute Gasteiger partial charge is 0.393 e. The number of rotatable bonds is 0. The van der Waals surface area contributed by atoms with Crippen LogP contribution in [0.2, 0.25) is 0 Å². The summed E-state index contributed by atoms with van der Waals surface area (Å²) in [4.78, 5) is 0. The van der Waals surface area contributed by atoms with Gasteiger partial charge in [-0.3, -0.25) is 0 Å². The van der Waals surface area contributed by atoms with Crippen molar-refractivity contribution in [3.8, 4) is 0 Å². The molecule has 0 aromatic heterocycles. The van der Waals surface area contributed by atoms with Crippen LogP contribution in [0, 0.1) is 50.7 Å². The number of hydrogen-bond donors (Lipinski definition) is 1. The van der Waals surface area contributed by atoms with E-state index < -0.39 is 0 Å². The Morgan fingerprint density at radius 3 is 2.26 bits per heavy atom. The molecule has 0 amide bonds. The van der Waals surface area contributed by atoms with Crippen molar-refractivity contribution < 1.29 is 5.11 Å². The molecule has 0 heterocycles. The van der Waals surface area contributed by atoms with Gasteiger partial charge in [-0.15, -0.1) is 0 Å². The van der Waals surface area contributed by atoms with Crippen LogP contribution < -0.4 is 0 Å². The summed E-state index contributed by atoms with van der Waals surface area (Å²) in [6.45, 7) is 20.3. The van der Waals surface area contributed by atoms with Gasteiger partial charge in [-0.25, -0.2) is 0 Å². The van der Waals surface area contributed by atoms with Crippen LogP contribution in [0.1, 0.15) is 107 Å². The first-order valence-corrected chi connectivity index (χ1v) is 13.4. The summed E-state index contributed by atoms with van der Waals surface area (Å²) in [5.74, 6) is 2.74. The highest BCUT2D eigenvalue weighted by Gasteiger charge is 2.68. The maximum Gasteiger partial charge on any atom is 0.0571 e. The lowest BCUT2D eigenvalue weighted by Crippen LogP contribution is -2.65. The molecule has 31 heavy (non-hydrogen) atoms. The summed E-state index contributed by atoms with van der Waals surface area (Å²) in [6.07, 6.45) is 15.2. The molecule has 3 saturated carbocycles. The third-order valence-corrected chi connectivity index (χ3v) is 12.7. The molecule has 0 aliphatic heterocycles. The minimum atomic E-state index is -0.0930. The van der Waals surface area contributed by atoms with E-state index in [4.69, 9.17) is 0 Å². The smallest absolute Gasteiger partial charge is 0.0571 e. The van der Waals surface area contributed by atoms with E-state index >= 15 is 0 Å². The molecular weight excluding hydrogens is 376 g/mol. The Morgan fingerprint density at radius 2 is 1.55 bits per heavy atom. The molecule has 0 radical (unpaired) electrons. The zero-order valence-electron chi connectivity index (χ0n) is 21.6. The molecule has 1 heteroatoms. The van der Waals surface area contributed by atoms with E-state index in [2.05, 4.69) is 67.5 Å². The normalized spacial score (nSPS) is 55.7. The Morgan fingerprint density at radius 1 is 0.839 bits per heavy atom. The standard InChI is InChI=1S/C30H48O/c1-19-17-30(8)25-12-14-27(5)20(2)23(31)9-10-24(27)28(25,6)15-16-29(30,7)22-18-26(3,4)13-11-21(19)22/h11,13,20,22-25,31H,9-10,12,14-18H2,1-8H3/t20-,22+,23-,24-,25-,27+,28-,29-,30+/m0/s1. The summed E-state index contributed by atoms with van der Waals surface area (Å²) in [5, 5.41) is 10.7. The molecule has 0 aromatic rings. The lowest BCUT2D eigenvalue weighted by atomic mass is 9.32. The molecule has 0 bridgehead atoms. The van der Waals surface area contributed by atoms with Gasteiger partial charge in [0.15, 0.2) is 0 Å². The van der Waals surface area contributed by atoms with Crippen LogP contribution in [0.5, 0.6) is 0 Å². The predicted molar refractivity (Wildman–Crippen MR) is 131 cm³/mol. The van der Waals surface area contributed by atoms with Gasteiger partial charge in [0.05, 0.1) is 6.10 Å². The summed E-state index contributed by atoms with van der Waals surface area (Å²) >= 11 is 0. The lowest BCUT2D eigenvalue weighted by molar-refractivity contribution is -0.228. The average Bonchev–Trinajstić information content (AvgIpc) is 2.67. The zero-order valence-corrected chi connectivity index (χ0v) is 21.6. The highest BCUT2D eigenvalue weighted by Crippen LogP contribution is 2.76. The Balaban J connectivity index is 1.59. The van der Waals surface area contributed by atoms with Crippen molar-refractivity contribution in [1.82, 2.24) is 0 Å². The first-order chi connectivity index (χ1) is 14.3. The number of fused-ring (bicyclic) bond motifs is 7. The fourth-order valence-corrected chi connectivity index (χ4v) is 10.5. The van der Waals surface area contributed by atoms with Crippen molar-refractivity contribution in [3.63, 3.8) is 0 Å². The van der Waals surface area contributed by atoms with E-state index in [0.717, 1.165) is 24.2 Å². The van der Waals surface area contributed by atoms with E-state index in [1.807, 2.05) is 0 Å². The zero-order chi connectivity index (χ0) is 22.6. The Kier molecular flexibility index (Phi) is 4.68. The molecule has 3 fully saturated rings. The molecule has 0 aromatic carbocycles. The average molecular weight is 425 g/mol. The summed E-state index contributed by atoms with van der Waals surface area (Å²) in [7, 11) is 0. The first-order valence-electron chi connectivity index (χ1n) is 13.4. The second kappa shape index (κ2) is 6.52. The molecule has 1 nitrogen and oxygen atoms in total. The van der Waals surface area contributed by atoms with E-state index in [1.165, 1.54) is 44.9 Å². The van der Waals surface area contributed by atoms with Gasteiger partial charge in [0.1, 0.15) is 0 Å². The quantitative estimate of drug-likeness (QED) is 0.418. The molecular formula is C30H48O. The number of hydrogen-bond acceptors (Lipinski definition) is 1. The van der Waals surface area contributed by atoms with Crippen LogP contribution in [0.4, 0.5) is 0 Å². The van der Waals surface area contributed by atoms with Crippen LogP contribution in [0.3, 0.4) is 0 Å². The van der Waals surface area contributed by atoms with Crippen molar-refractivity contribution in [1.29, 1.82) is 0 Å². The molecule has 174 valence electrons. The summed E-state index contributed by atoms with van der Waals surface area (Å²) in [5.41, 5.74) is 5.22. The third kappa shape index (κ3) is 2.71. The highest BCUT2D eigenvalue weighted by atomic mass is 16.3. The fourth-order valence-electron chi connectivity index (χ4n) is 10.5. The minimum Gasteiger partial charge on any atom is -0.393 e. The van der Waals surface area contributed by atoms with Gasteiger partial charge < -0.3 is 5.11 Å². The van der Waals surface area contributed by atoms with Crippen molar-refractivity contribution in [2.24, 2.45) is 50.7 Å². The van der Waals surface area contributed by atoms with Gasteiger partial charge in [-0.05, 0) is 115 Å². The van der Waals surface area contributed by atoms with E-state index in [1.54, 1.807) is 11.1 Å². The fraction of sp³-hybridized carbons (Fsp3) is 0.867. The van der Waals surface area contributed by atoms with Gasteiger partial charge >= 0.3 is 0 Å². The second-order valence-corrected chi connectivity index (χ2v) is 14.4. The molecule has 5 aliphatic rings. The molecule has 1 N–H and O–H groups in total. The lowest BCUT2D eigenvalue weighted by Gasteiger charge is -2.72. The van der Waals surface area contributed by atoms with E-state index in [-0.39, 0.29) is 6.10 Å². The van der Waals surface area contributed by atoms with Gasteiger partial charge in [-0.2, -0.15) is 0 Å². The van der Waals surface area contributed by atoms with E-state index in [9.17, 15) is 5.11 Å². The summed E-state index contributed by atoms with van der Waals surface area (Å²) < 4.78 is 0. The van der Waals surface area contributed by atoms with Gasteiger partial charge in [0.2, 0.25) is 0 Å². The number of allylic oxidation sites excluding steroid dienone is 4. The van der Waals surface area contributed by atoms with Gasteiger partial charge in [-0.1, -0.05) is 66.2 Å². The van der Waals surface area contributed by atoms with Crippen LogP contribution >= 0.6 is 0 Å². The molecule has 5 rings (SSSR count). The minimum absolute atomic E-state index is 0.0930. The molecule has 9 atom stereocenters. The van der Waals surface area contributed by atoms with Gasteiger partial charge in [0, 0.05) is 0 Å². The molecule has 0 unspecified atom stereocenters. The maximum atomic E-state index is 10.7. The predicted octanol–water partition coefficient (Wildman–Crippen LogP) is 7.94. The topological polar surface area (TPSA) is 20.2 Å². The Hall–Kier alpha value is -0.560. The molecule has 0 spiro atoms. The summed E-state index contributed by atoms with van der Waals surface area (Å²) in [6, 6.07) is 0. The van der Waals surface area contributed by atoms with Crippen molar-refractivity contribution >= 4 is 0 Å². The molecule has 5 aliphatic carbocycles. The van der Waals surface area contributed by atoms with Crippen LogP contribution in [0.15, 0.2) is 23.3 Å². The number of aliphatic hydroxyl groups excluding tert-OH is 1. The first kappa shape index (κ1) is 22.2. The van der Waals surface area contributed by atoms with Crippen molar-refractivity contribution in [2.45, 2.75) is 113 Å². The van der Waals surface area contributed by atoms with Crippen LogP contribution in [-0.4, -0.2) is 11.2 Å². The van der Waals surface area contributed by atoms with E-state index in [0.29, 0.717) is 33.0 Å². The third-order valence-electron chi connectivity index (χ3n) is 12.7. The second-order valence-electron chi connectivity index (χ2n) is 14.4. The maximum absolute atomic E-state index is 10.7. The Labute approximate surface area is 192 Å². The SMILES string of the molecule is CC1=C2C=CC(C)(C)C[C@H]2[C@]2(C)CC[C@@]3(C)[C@H]4CC[C@H](O)[C@H](C)[C@@]4(C)CC[C@@H]3[C@@]2(C)C1. The van der Waals surface area contributed by atoms with Crippen molar-refractivity contribution in [3.05, 3.63) is 23.3 Å². The van der Waals surface area contributed by atoms with Crippen LogP contribution in [0.25, 0.3) is 0 Å².